The molecule has 0 aliphatic heterocycles. The molecule has 0 aliphatic carbocycles. The maximum Gasteiger partial charge on any atom is 0.345 e. The van der Waals surface area contributed by atoms with Crippen molar-refractivity contribution in [1.29, 1.82) is 0 Å². The van der Waals surface area contributed by atoms with Gasteiger partial charge in [-0.15, -0.1) is 0 Å². The van der Waals surface area contributed by atoms with Crippen molar-refractivity contribution >= 4 is 22.5 Å². The van der Waals surface area contributed by atoms with E-state index in [0.717, 1.165) is 16.3 Å². The molecule has 0 fully saturated rings. The number of aryl methyl sites for hydroxylation is 1. The number of amides is 1. The van der Waals surface area contributed by atoms with Crippen LogP contribution < -0.4 is 15.0 Å². The lowest BCUT2D eigenvalue weighted by Gasteiger charge is -2.05. The van der Waals surface area contributed by atoms with Crippen LogP contribution in [-0.4, -0.2) is 12.5 Å². The SMILES string of the molecule is Cc1ccc(NC(=O)COc2ccc3ccccc3c2)[nH+]c1. The quantitative estimate of drug-likeness (QED) is 0.804. The molecule has 0 aliphatic rings. The predicted octanol–water partition coefficient (Wildman–Crippen LogP) is 2.98. The molecule has 0 saturated heterocycles. The Balaban J connectivity index is 1.60. The van der Waals surface area contributed by atoms with Crippen LogP contribution in [0.4, 0.5) is 5.82 Å². The number of pyridine rings is 1. The van der Waals surface area contributed by atoms with Crippen molar-refractivity contribution in [2.24, 2.45) is 0 Å². The molecule has 0 atom stereocenters. The summed E-state index contributed by atoms with van der Waals surface area (Å²) in [5.74, 6) is 1.13. The number of carbonyl (C=O) groups is 1. The summed E-state index contributed by atoms with van der Waals surface area (Å²) in [5, 5.41) is 4.99. The zero-order valence-corrected chi connectivity index (χ0v) is 12.3. The van der Waals surface area contributed by atoms with E-state index in [1.807, 2.05) is 67.7 Å². The van der Waals surface area contributed by atoms with Crippen molar-refractivity contribution in [2.45, 2.75) is 6.92 Å². The van der Waals surface area contributed by atoms with Gasteiger partial charge < -0.3 is 4.74 Å². The third kappa shape index (κ3) is 3.41. The molecule has 4 heteroatoms. The van der Waals surface area contributed by atoms with Crippen molar-refractivity contribution in [3.05, 3.63) is 66.4 Å². The van der Waals surface area contributed by atoms with Crippen molar-refractivity contribution in [1.82, 2.24) is 0 Å². The molecule has 3 aromatic rings. The van der Waals surface area contributed by atoms with Crippen molar-refractivity contribution in [3.63, 3.8) is 0 Å². The molecule has 2 N–H and O–H groups in total. The van der Waals surface area contributed by atoms with Gasteiger partial charge >= 0.3 is 5.91 Å². The van der Waals surface area contributed by atoms with Gasteiger partial charge in [0, 0.05) is 6.07 Å². The van der Waals surface area contributed by atoms with E-state index in [-0.39, 0.29) is 12.5 Å². The van der Waals surface area contributed by atoms with E-state index in [2.05, 4.69) is 10.3 Å². The zero-order valence-electron chi connectivity index (χ0n) is 12.3. The number of aromatic nitrogens is 1. The van der Waals surface area contributed by atoms with E-state index in [1.54, 1.807) is 0 Å². The van der Waals surface area contributed by atoms with Gasteiger partial charge in [-0.25, -0.2) is 15.1 Å². The first-order chi connectivity index (χ1) is 10.7. The van der Waals surface area contributed by atoms with Gasteiger partial charge in [-0.3, -0.25) is 0 Å². The summed E-state index contributed by atoms with van der Waals surface area (Å²) in [6.07, 6.45) is 1.83. The number of carbonyl (C=O) groups excluding carboxylic acids is 1. The van der Waals surface area contributed by atoms with E-state index >= 15 is 0 Å². The summed E-state index contributed by atoms with van der Waals surface area (Å²) in [4.78, 5) is 14.9. The molecular formula is C18H17N2O2+. The Morgan fingerprint density at radius 2 is 1.91 bits per heavy atom. The van der Waals surface area contributed by atoms with Crippen LogP contribution in [0.25, 0.3) is 10.8 Å². The summed E-state index contributed by atoms with van der Waals surface area (Å²) in [6, 6.07) is 17.6. The highest BCUT2D eigenvalue weighted by Gasteiger charge is 2.10. The molecular weight excluding hydrogens is 276 g/mol. The topological polar surface area (TPSA) is 52.5 Å². The second-order valence-corrected chi connectivity index (χ2v) is 5.13. The van der Waals surface area contributed by atoms with Crippen molar-refractivity contribution < 1.29 is 14.5 Å². The van der Waals surface area contributed by atoms with Crippen molar-refractivity contribution in [2.75, 3.05) is 11.9 Å². The number of benzene rings is 2. The second kappa shape index (κ2) is 6.26. The molecule has 0 unspecified atom stereocenters. The molecule has 2 aromatic carbocycles. The highest BCUT2D eigenvalue weighted by Crippen LogP contribution is 2.20. The summed E-state index contributed by atoms with van der Waals surface area (Å²) >= 11 is 0. The minimum absolute atomic E-state index is 0.0277. The fourth-order valence-electron chi connectivity index (χ4n) is 2.17. The van der Waals surface area contributed by atoms with E-state index in [1.165, 1.54) is 0 Å². The largest absolute Gasteiger partial charge is 0.481 e. The van der Waals surface area contributed by atoms with Crippen LogP contribution in [0.15, 0.2) is 60.8 Å². The Bertz CT molecular complexity index is 798. The fourth-order valence-corrected chi connectivity index (χ4v) is 2.17. The maximum atomic E-state index is 11.9. The van der Waals surface area contributed by atoms with Crippen LogP contribution >= 0.6 is 0 Å². The molecule has 0 spiro atoms. The minimum atomic E-state index is -0.201. The summed E-state index contributed by atoms with van der Waals surface area (Å²) in [6.45, 7) is 1.95. The Hall–Kier alpha value is -2.88. The minimum Gasteiger partial charge on any atom is -0.481 e. The Morgan fingerprint density at radius 3 is 2.68 bits per heavy atom. The van der Waals surface area contributed by atoms with Crippen LogP contribution in [0.5, 0.6) is 5.75 Å². The van der Waals surface area contributed by atoms with E-state index in [9.17, 15) is 4.79 Å². The normalized spacial score (nSPS) is 10.4. The number of fused-ring (bicyclic) bond motifs is 1. The number of H-pyrrole nitrogens is 1. The molecule has 0 radical (unpaired) electrons. The molecule has 110 valence electrons. The molecule has 1 heterocycles. The van der Waals surface area contributed by atoms with Gasteiger partial charge in [0.25, 0.3) is 5.82 Å². The van der Waals surface area contributed by atoms with Gasteiger partial charge in [0.1, 0.15) is 5.75 Å². The third-order valence-corrected chi connectivity index (χ3v) is 3.33. The van der Waals surface area contributed by atoms with Gasteiger partial charge in [0.2, 0.25) is 0 Å². The highest BCUT2D eigenvalue weighted by molar-refractivity contribution is 5.90. The lowest BCUT2D eigenvalue weighted by atomic mass is 10.1. The van der Waals surface area contributed by atoms with Gasteiger partial charge in [-0.2, -0.15) is 0 Å². The highest BCUT2D eigenvalue weighted by atomic mass is 16.5. The molecule has 3 rings (SSSR count). The van der Waals surface area contributed by atoms with Gasteiger partial charge in [0.05, 0.1) is 6.20 Å². The third-order valence-electron chi connectivity index (χ3n) is 3.33. The Labute approximate surface area is 128 Å². The standard InChI is InChI=1S/C18H16N2O2/c1-13-6-9-17(19-11-13)20-18(21)12-22-16-8-7-14-4-2-3-5-15(14)10-16/h2-11H,12H2,1H3,(H,19,20,21)/p+1. The van der Waals surface area contributed by atoms with E-state index < -0.39 is 0 Å². The average molecular weight is 293 g/mol. The average Bonchev–Trinajstić information content (AvgIpc) is 2.55. The van der Waals surface area contributed by atoms with Crippen LogP contribution in [0.3, 0.4) is 0 Å². The lowest BCUT2D eigenvalue weighted by molar-refractivity contribution is -0.361. The Morgan fingerprint density at radius 1 is 1.09 bits per heavy atom. The van der Waals surface area contributed by atoms with Crippen LogP contribution in [0.1, 0.15) is 5.56 Å². The number of hydrogen-bond donors (Lipinski definition) is 1. The monoisotopic (exact) mass is 293 g/mol. The first-order valence-corrected chi connectivity index (χ1v) is 7.10. The summed E-state index contributed by atoms with van der Waals surface area (Å²) in [5.41, 5.74) is 1.10. The molecule has 1 amide bonds. The van der Waals surface area contributed by atoms with Crippen LogP contribution in [0.2, 0.25) is 0 Å². The first-order valence-electron chi connectivity index (χ1n) is 7.10. The second-order valence-electron chi connectivity index (χ2n) is 5.13. The van der Waals surface area contributed by atoms with E-state index in [4.69, 9.17) is 4.74 Å². The molecule has 0 bridgehead atoms. The fraction of sp³-hybridized carbons (Fsp3) is 0.111. The number of anilines is 1. The smallest absolute Gasteiger partial charge is 0.345 e. The summed E-state index contributed by atoms with van der Waals surface area (Å²) < 4.78 is 5.55. The van der Waals surface area contributed by atoms with Gasteiger partial charge in [-0.05, 0) is 41.5 Å². The van der Waals surface area contributed by atoms with Gasteiger partial charge in [0.15, 0.2) is 6.61 Å². The van der Waals surface area contributed by atoms with Crippen LogP contribution in [-0.2, 0) is 4.79 Å². The van der Waals surface area contributed by atoms with Crippen molar-refractivity contribution in [3.8, 4) is 5.75 Å². The number of hydrogen-bond acceptors (Lipinski definition) is 2. The number of aromatic amines is 1. The number of ether oxygens (including phenoxy) is 1. The molecule has 22 heavy (non-hydrogen) atoms. The zero-order chi connectivity index (χ0) is 15.4. The van der Waals surface area contributed by atoms with Crippen LogP contribution in [0, 0.1) is 6.92 Å². The Kier molecular flexibility index (Phi) is 4.01. The van der Waals surface area contributed by atoms with E-state index in [0.29, 0.717) is 11.6 Å². The first kappa shape index (κ1) is 14.1. The summed E-state index contributed by atoms with van der Waals surface area (Å²) in [7, 11) is 0. The number of rotatable bonds is 4. The molecule has 1 aromatic heterocycles. The number of nitrogens with one attached hydrogen (secondary N) is 2. The molecule has 0 saturated carbocycles. The maximum absolute atomic E-state index is 11.9. The lowest BCUT2D eigenvalue weighted by Crippen LogP contribution is -2.24. The molecule has 4 nitrogen and oxygen atoms in total. The predicted molar refractivity (Wildman–Crippen MR) is 85.8 cm³/mol. The van der Waals surface area contributed by atoms with Gasteiger partial charge in [-0.1, -0.05) is 30.3 Å².